The molecule has 0 atom stereocenters. The van der Waals surface area contributed by atoms with Crippen molar-refractivity contribution in [3.63, 3.8) is 0 Å². The van der Waals surface area contributed by atoms with Crippen molar-refractivity contribution < 1.29 is 4.39 Å². The molecular weight excluding hydrogens is 425 g/mol. The minimum Gasteiger partial charge on any atom is -0.340 e. The van der Waals surface area contributed by atoms with E-state index in [4.69, 9.17) is 16.6 Å². The molecule has 7 heteroatoms. The molecule has 2 aromatic carbocycles. The number of hydrogen-bond donors (Lipinski definition) is 1. The standard InChI is InChI=1S/C25H25ClFN5/c1-16-10-18(11-17(2)23(16)27)15-32-22-13-20(26)12-21(19-4-3-5-29-14-19)24(22)30-25(32)31-8-6-28-7-9-31/h3-5,10-14,28H,6-9,15H2,1-2H3. The molecule has 3 heterocycles. The molecule has 164 valence electrons. The van der Waals surface area contributed by atoms with Crippen molar-refractivity contribution in [2.75, 3.05) is 31.1 Å². The fourth-order valence-corrected chi connectivity index (χ4v) is 4.70. The van der Waals surface area contributed by atoms with Gasteiger partial charge in [0.15, 0.2) is 0 Å². The lowest BCUT2D eigenvalue weighted by Gasteiger charge is -2.29. The van der Waals surface area contributed by atoms with Crippen LogP contribution in [0, 0.1) is 19.7 Å². The van der Waals surface area contributed by atoms with Crippen molar-refractivity contribution in [2.24, 2.45) is 0 Å². The predicted molar refractivity (Wildman–Crippen MR) is 128 cm³/mol. The van der Waals surface area contributed by atoms with E-state index in [9.17, 15) is 4.39 Å². The van der Waals surface area contributed by atoms with Crippen LogP contribution in [0.5, 0.6) is 0 Å². The van der Waals surface area contributed by atoms with Gasteiger partial charge in [0.25, 0.3) is 0 Å². The van der Waals surface area contributed by atoms with E-state index in [0.717, 1.165) is 59.9 Å². The van der Waals surface area contributed by atoms with Crippen molar-refractivity contribution in [3.05, 3.63) is 76.3 Å². The first-order valence-corrected chi connectivity index (χ1v) is 11.2. The number of hydrogen-bond acceptors (Lipinski definition) is 4. The summed E-state index contributed by atoms with van der Waals surface area (Å²) in [6.07, 6.45) is 3.59. The third-order valence-electron chi connectivity index (χ3n) is 6.01. The van der Waals surface area contributed by atoms with Crippen molar-refractivity contribution in [1.82, 2.24) is 19.9 Å². The molecule has 2 aromatic heterocycles. The topological polar surface area (TPSA) is 46.0 Å². The monoisotopic (exact) mass is 449 g/mol. The van der Waals surface area contributed by atoms with Crippen molar-refractivity contribution in [2.45, 2.75) is 20.4 Å². The number of nitrogens with zero attached hydrogens (tertiary/aromatic N) is 4. The Bertz CT molecular complexity index is 1260. The van der Waals surface area contributed by atoms with Crippen LogP contribution in [0.2, 0.25) is 5.02 Å². The molecule has 0 saturated carbocycles. The Morgan fingerprint density at radius 3 is 2.53 bits per heavy atom. The molecule has 0 amide bonds. The van der Waals surface area contributed by atoms with Gasteiger partial charge in [-0.15, -0.1) is 0 Å². The average Bonchev–Trinajstić information content (AvgIpc) is 3.16. The number of fused-ring (bicyclic) bond motifs is 1. The van der Waals surface area contributed by atoms with Crippen LogP contribution in [0.4, 0.5) is 10.3 Å². The van der Waals surface area contributed by atoms with Gasteiger partial charge in [-0.2, -0.15) is 0 Å². The lowest BCUT2D eigenvalue weighted by Crippen LogP contribution is -2.44. The number of aromatic nitrogens is 3. The van der Waals surface area contributed by atoms with Crippen LogP contribution in [-0.4, -0.2) is 40.7 Å². The highest BCUT2D eigenvalue weighted by Gasteiger charge is 2.22. The largest absolute Gasteiger partial charge is 0.340 e. The fourth-order valence-electron chi connectivity index (χ4n) is 4.49. The number of aryl methyl sites for hydroxylation is 2. The summed E-state index contributed by atoms with van der Waals surface area (Å²) in [5, 5.41) is 4.05. The highest BCUT2D eigenvalue weighted by Crippen LogP contribution is 2.35. The molecule has 1 fully saturated rings. The normalized spacial score (nSPS) is 14.3. The van der Waals surface area contributed by atoms with Gasteiger partial charge in [-0.05, 0) is 48.7 Å². The molecule has 5 nitrogen and oxygen atoms in total. The van der Waals surface area contributed by atoms with Crippen LogP contribution in [0.1, 0.15) is 16.7 Å². The van der Waals surface area contributed by atoms with E-state index in [1.54, 1.807) is 6.20 Å². The maximum absolute atomic E-state index is 14.2. The van der Waals surface area contributed by atoms with Gasteiger partial charge in [0.05, 0.1) is 17.6 Å². The Hall–Kier alpha value is -2.96. The van der Waals surface area contributed by atoms with E-state index in [-0.39, 0.29) is 5.82 Å². The van der Waals surface area contributed by atoms with E-state index >= 15 is 0 Å². The lowest BCUT2D eigenvalue weighted by molar-refractivity contribution is 0.571. The molecule has 1 N–H and O–H groups in total. The van der Waals surface area contributed by atoms with Crippen molar-refractivity contribution >= 4 is 28.6 Å². The number of halogens is 2. The Labute approximate surface area is 191 Å². The number of benzene rings is 2. The first-order valence-electron chi connectivity index (χ1n) is 10.8. The van der Waals surface area contributed by atoms with Gasteiger partial charge in [0.2, 0.25) is 5.95 Å². The predicted octanol–water partition coefficient (Wildman–Crippen LogP) is 4.97. The van der Waals surface area contributed by atoms with Gasteiger partial charge in [-0.3, -0.25) is 4.98 Å². The van der Waals surface area contributed by atoms with Gasteiger partial charge >= 0.3 is 0 Å². The molecule has 1 saturated heterocycles. The van der Waals surface area contributed by atoms with Crippen LogP contribution in [0.3, 0.4) is 0 Å². The first kappa shape index (κ1) is 20.9. The smallest absolute Gasteiger partial charge is 0.206 e. The number of imidazole rings is 1. The van der Waals surface area contributed by atoms with E-state index in [0.29, 0.717) is 22.7 Å². The third kappa shape index (κ3) is 3.85. The van der Waals surface area contributed by atoms with Gasteiger partial charge in [0, 0.05) is 54.7 Å². The summed E-state index contributed by atoms with van der Waals surface area (Å²) in [5.41, 5.74) is 6.15. The molecule has 1 aliphatic heterocycles. The van der Waals surface area contributed by atoms with Gasteiger partial charge in [0.1, 0.15) is 5.82 Å². The second-order valence-corrected chi connectivity index (χ2v) is 8.78. The molecule has 4 aromatic rings. The average molecular weight is 450 g/mol. The van der Waals surface area contributed by atoms with Crippen LogP contribution in [-0.2, 0) is 6.54 Å². The Morgan fingerprint density at radius 2 is 1.84 bits per heavy atom. The molecule has 5 rings (SSSR count). The zero-order valence-electron chi connectivity index (χ0n) is 18.2. The maximum atomic E-state index is 14.2. The first-order chi connectivity index (χ1) is 15.5. The summed E-state index contributed by atoms with van der Waals surface area (Å²) < 4.78 is 16.5. The fraction of sp³-hybridized carbons (Fsp3) is 0.280. The molecule has 0 bridgehead atoms. The van der Waals surface area contributed by atoms with Crippen molar-refractivity contribution in [1.29, 1.82) is 0 Å². The summed E-state index contributed by atoms with van der Waals surface area (Å²) in [5.74, 6) is 0.766. The minimum atomic E-state index is -0.145. The van der Waals surface area contributed by atoms with Gasteiger partial charge < -0.3 is 14.8 Å². The number of anilines is 1. The van der Waals surface area contributed by atoms with Crippen LogP contribution >= 0.6 is 11.6 Å². The Kier molecular flexibility index (Phi) is 5.57. The molecule has 32 heavy (non-hydrogen) atoms. The number of rotatable bonds is 4. The number of pyridine rings is 1. The summed E-state index contributed by atoms with van der Waals surface area (Å²) in [4.78, 5) is 11.7. The molecule has 0 unspecified atom stereocenters. The summed E-state index contributed by atoms with van der Waals surface area (Å²) >= 11 is 6.58. The van der Waals surface area contributed by atoms with E-state index in [1.165, 1.54) is 0 Å². The Morgan fingerprint density at radius 1 is 1.09 bits per heavy atom. The van der Waals surface area contributed by atoms with E-state index < -0.39 is 0 Å². The molecule has 0 spiro atoms. The van der Waals surface area contributed by atoms with E-state index in [1.807, 2.05) is 56.4 Å². The van der Waals surface area contributed by atoms with Gasteiger partial charge in [-0.1, -0.05) is 29.8 Å². The molecule has 0 radical (unpaired) electrons. The lowest BCUT2D eigenvalue weighted by atomic mass is 10.1. The Balaban J connectivity index is 1.71. The second kappa shape index (κ2) is 8.52. The number of piperazine rings is 1. The SMILES string of the molecule is Cc1cc(Cn2c(N3CCNCC3)nc3c(-c4cccnc4)cc(Cl)cc32)cc(C)c1F. The highest BCUT2D eigenvalue weighted by molar-refractivity contribution is 6.31. The highest BCUT2D eigenvalue weighted by atomic mass is 35.5. The third-order valence-corrected chi connectivity index (χ3v) is 6.23. The summed E-state index contributed by atoms with van der Waals surface area (Å²) in [6, 6.07) is 11.7. The van der Waals surface area contributed by atoms with Gasteiger partial charge in [-0.25, -0.2) is 9.37 Å². The number of nitrogens with one attached hydrogen (secondary N) is 1. The minimum absolute atomic E-state index is 0.145. The second-order valence-electron chi connectivity index (χ2n) is 8.34. The zero-order chi connectivity index (χ0) is 22.2. The molecule has 1 aliphatic rings. The molecule has 0 aliphatic carbocycles. The summed E-state index contributed by atoms with van der Waals surface area (Å²) in [7, 11) is 0. The maximum Gasteiger partial charge on any atom is 0.206 e. The zero-order valence-corrected chi connectivity index (χ0v) is 19.0. The van der Waals surface area contributed by atoms with Crippen LogP contribution in [0.15, 0.2) is 48.8 Å². The summed E-state index contributed by atoms with van der Waals surface area (Å²) in [6.45, 7) is 7.79. The quantitative estimate of drug-likeness (QED) is 0.478. The van der Waals surface area contributed by atoms with Crippen LogP contribution < -0.4 is 10.2 Å². The molecular formula is C25H25ClFN5. The van der Waals surface area contributed by atoms with E-state index in [2.05, 4.69) is 19.8 Å². The van der Waals surface area contributed by atoms with Crippen LogP contribution in [0.25, 0.3) is 22.2 Å². The van der Waals surface area contributed by atoms with Crippen molar-refractivity contribution in [3.8, 4) is 11.1 Å².